The van der Waals surface area contributed by atoms with E-state index in [0.717, 1.165) is 16.3 Å². The van der Waals surface area contributed by atoms with E-state index < -0.39 is 5.63 Å². The van der Waals surface area contributed by atoms with Gasteiger partial charge < -0.3 is 19.2 Å². The number of rotatable bonds is 8. The number of amides is 1. The Labute approximate surface area is 173 Å². The van der Waals surface area contributed by atoms with Gasteiger partial charge in [0.25, 0.3) is 5.91 Å². The average molecular weight is 403 g/mol. The molecule has 0 aliphatic rings. The third-order valence-corrected chi connectivity index (χ3v) is 4.64. The molecule has 0 saturated carbocycles. The molecule has 1 aromatic heterocycles. The lowest BCUT2D eigenvalue weighted by Crippen LogP contribution is -2.31. The fourth-order valence-corrected chi connectivity index (χ4v) is 3.18. The molecule has 4 rings (SSSR count). The fourth-order valence-electron chi connectivity index (χ4n) is 3.18. The van der Waals surface area contributed by atoms with Crippen LogP contribution < -0.4 is 15.7 Å². The molecule has 0 aliphatic carbocycles. The molecule has 0 fully saturated rings. The topological polar surface area (TPSA) is 77.8 Å². The van der Waals surface area contributed by atoms with Gasteiger partial charge in [-0.1, -0.05) is 48.5 Å². The van der Waals surface area contributed by atoms with Gasteiger partial charge in [-0.2, -0.15) is 0 Å². The molecule has 3 aromatic carbocycles. The van der Waals surface area contributed by atoms with Crippen LogP contribution in [0.1, 0.15) is 5.56 Å². The van der Waals surface area contributed by atoms with Crippen molar-refractivity contribution in [3.8, 4) is 5.75 Å². The van der Waals surface area contributed by atoms with Crippen molar-refractivity contribution < 1.29 is 18.7 Å². The van der Waals surface area contributed by atoms with Crippen molar-refractivity contribution in [3.63, 3.8) is 0 Å². The van der Waals surface area contributed by atoms with Crippen molar-refractivity contribution in [1.82, 2.24) is 5.32 Å². The van der Waals surface area contributed by atoms with Crippen LogP contribution in [0.4, 0.5) is 0 Å². The lowest BCUT2D eigenvalue weighted by atomic mass is 10.1. The van der Waals surface area contributed by atoms with Crippen LogP contribution in [0.25, 0.3) is 21.7 Å². The van der Waals surface area contributed by atoms with Crippen LogP contribution >= 0.6 is 0 Å². The Kier molecular flexibility index (Phi) is 6.06. The first-order valence-corrected chi connectivity index (χ1v) is 9.67. The highest BCUT2D eigenvalue weighted by molar-refractivity contribution is 6.04. The molecule has 0 bridgehead atoms. The zero-order valence-corrected chi connectivity index (χ0v) is 16.3. The molecule has 0 radical (unpaired) electrons. The third-order valence-electron chi connectivity index (χ3n) is 4.64. The summed E-state index contributed by atoms with van der Waals surface area (Å²) >= 11 is 0. The molecule has 0 atom stereocenters. The molecular formula is C24H21NO5. The molecule has 1 amide bonds. The second-order valence-electron chi connectivity index (χ2n) is 6.77. The molecule has 0 saturated heterocycles. The van der Waals surface area contributed by atoms with Crippen LogP contribution in [0, 0.1) is 0 Å². The number of hydrogen-bond acceptors (Lipinski definition) is 5. The van der Waals surface area contributed by atoms with E-state index in [9.17, 15) is 9.59 Å². The molecule has 1 N–H and O–H groups in total. The summed E-state index contributed by atoms with van der Waals surface area (Å²) in [6.07, 6.45) is 0. The monoisotopic (exact) mass is 403 g/mol. The highest BCUT2D eigenvalue weighted by Gasteiger charge is 2.09. The number of ether oxygens (including phenoxy) is 2. The van der Waals surface area contributed by atoms with Gasteiger partial charge >= 0.3 is 5.63 Å². The van der Waals surface area contributed by atoms with Crippen molar-refractivity contribution >= 4 is 27.6 Å². The summed E-state index contributed by atoms with van der Waals surface area (Å²) in [6, 6.07) is 22.3. The molecule has 4 aromatic rings. The summed E-state index contributed by atoms with van der Waals surface area (Å²) in [4.78, 5) is 24.1. The summed E-state index contributed by atoms with van der Waals surface area (Å²) < 4.78 is 16.5. The second kappa shape index (κ2) is 9.24. The minimum Gasteiger partial charge on any atom is -0.484 e. The normalized spacial score (nSPS) is 10.9. The predicted molar refractivity (Wildman–Crippen MR) is 115 cm³/mol. The maximum atomic E-state index is 12.1. The first-order valence-electron chi connectivity index (χ1n) is 9.67. The Balaban J connectivity index is 1.28. The fraction of sp³-hybridized carbons (Fsp3) is 0.167. The molecule has 0 aliphatic heterocycles. The molecule has 6 nitrogen and oxygen atoms in total. The first kappa shape index (κ1) is 19.7. The molecule has 6 heteroatoms. The van der Waals surface area contributed by atoms with E-state index in [4.69, 9.17) is 13.9 Å². The molecular weight excluding hydrogens is 382 g/mol. The Bertz CT molecular complexity index is 1220. The quantitative estimate of drug-likeness (QED) is 0.276. The van der Waals surface area contributed by atoms with E-state index in [-0.39, 0.29) is 12.5 Å². The van der Waals surface area contributed by atoms with Crippen molar-refractivity contribution in [1.29, 1.82) is 0 Å². The summed E-state index contributed by atoms with van der Waals surface area (Å²) in [5, 5.41) is 4.92. The summed E-state index contributed by atoms with van der Waals surface area (Å²) in [6.45, 7) is 1.18. The van der Waals surface area contributed by atoms with Crippen molar-refractivity contribution in [2.24, 2.45) is 0 Å². The Morgan fingerprint density at radius 1 is 0.900 bits per heavy atom. The smallest absolute Gasteiger partial charge is 0.344 e. The van der Waals surface area contributed by atoms with Crippen molar-refractivity contribution in [2.75, 3.05) is 19.8 Å². The summed E-state index contributed by atoms with van der Waals surface area (Å²) in [7, 11) is 0. The van der Waals surface area contributed by atoms with Crippen LogP contribution in [0.3, 0.4) is 0 Å². The molecule has 30 heavy (non-hydrogen) atoms. The second-order valence-corrected chi connectivity index (χ2v) is 6.77. The number of fused-ring (bicyclic) bond motifs is 3. The average Bonchev–Trinajstić information content (AvgIpc) is 2.78. The van der Waals surface area contributed by atoms with Gasteiger partial charge in [0.05, 0.1) is 18.6 Å². The van der Waals surface area contributed by atoms with Crippen LogP contribution in [0.2, 0.25) is 0 Å². The Hall–Kier alpha value is -3.64. The number of carbonyl (C=O) groups is 1. The van der Waals surface area contributed by atoms with E-state index in [0.29, 0.717) is 36.5 Å². The van der Waals surface area contributed by atoms with E-state index in [1.165, 1.54) is 0 Å². The van der Waals surface area contributed by atoms with E-state index in [2.05, 4.69) is 5.32 Å². The maximum Gasteiger partial charge on any atom is 0.344 e. The van der Waals surface area contributed by atoms with Gasteiger partial charge in [-0.15, -0.1) is 0 Å². The SMILES string of the molecule is O=C(COc1ccc2c(c1)oc(=O)c1ccccc12)NCCOCc1ccccc1. The summed E-state index contributed by atoms with van der Waals surface area (Å²) in [5.74, 6) is 0.204. The number of benzene rings is 3. The Morgan fingerprint density at radius 2 is 1.67 bits per heavy atom. The largest absolute Gasteiger partial charge is 0.484 e. The van der Waals surface area contributed by atoms with Gasteiger partial charge in [-0.25, -0.2) is 4.79 Å². The summed E-state index contributed by atoms with van der Waals surface area (Å²) in [5.41, 5.74) is 1.11. The molecule has 1 heterocycles. The van der Waals surface area contributed by atoms with Gasteiger partial charge in [0.15, 0.2) is 6.61 Å². The highest BCUT2D eigenvalue weighted by atomic mass is 16.5. The maximum absolute atomic E-state index is 12.1. The van der Waals surface area contributed by atoms with Gasteiger partial charge in [0.1, 0.15) is 11.3 Å². The molecule has 0 spiro atoms. The van der Waals surface area contributed by atoms with Crippen LogP contribution in [-0.2, 0) is 16.1 Å². The predicted octanol–water partition coefficient (Wildman–Crippen LogP) is 3.66. The molecule has 0 unspecified atom stereocenters. The first-order chi connectivity index (χ1) is 14.7. The minimum atomic E-state index is -0.400. The van der Waals surface area contributed by atoms with Gasteiger partial charge in [0, 0.05) is 18.0 Å². The van der Waals surface area contributed by atoms with Gasteiger partial charge in [-0.05, 0) is 29.1 Å². The third kappa shape index (κ3) is 4.67. The zero-order valence-electron chi connectivity index (χ0n) is 16.3. The van der Waals surface area contributed by atoms with E-state index in [1.807, 2.05) is 48.5 Å². The lowest BCUT2D eigenvalue weighted by Gasteiger charge is -2.09. The van der Waals surface area contributed by atoms with Gasteiger partial charge in [-0.3, -0.25) is 4.79 Å². The highest BCUT2D eigenvalue weighted by Crippen LogP contribution is 2.26. The number of carbonyl (C=O) groups excluding carboxylic acids is 1. The number of hydrogen-bond donors (Lipinski definition) is 1. The molecule has 152 valence electrons. The van der Waals surface area contributed by atoms with Crippen molar-refractivity contribution in [3.05, 3.63) is 88.8 Å². The van der Waals surface area contributed by atoms with Crippen molar-refractivity contribution in [2.45, 2.75) is 6.61 Å². The van der Waals surface area contributed by atoms with Crippen LogP contribution in [-0.4, -0.2) is 25.7 Å². The standard InChI is InChI=1S/C24H21NO5/c26-23(25-12-13-28-15-17-6-2-1-3-7-17)16-29-18-10-11-20-19-8-4-5-9-21(19)24(27)30-22(20)14-18/h1-11,14H,12-13,15-16H2,(H,25,26). The lowest BCUT2D eigenvalue weighted by molar-refractivity contribution is -0.123. The minimum absolute atomic E-state index is 0.137. The number of nitrogens with one attached hydrogen (secondary N) is 1. The van der Waals surface area contributed by atoms with E-state index >= 15 is 0 Å². The van der Waals surface area contributed by atoms with Crippen LogP contribution in [0.5, 0.6) is 5.75 Å². The van der Waals surface area contributed by atoms with Crippen LogP contribution in [0.15, 0.2) is 82.0 Å². The van der Waals surface area contributed by atoms with Gasteiger partial charge in [0.2, 0.25) is 0 Å². The zero-order chi connectivity index (χ0) is 20.8. The van der Waals surface area contributed by atoms with E-state index in [1.54, 1.807) is 24.3 Å². The Morgan fingerprint density at radius 3 is 2.50 bits per heavy atom.